The van der Waals surface area contributed by atoms with Gasteiger partial charge in [0.25, 0.3) is 0 Å². The van der Waals surface area contributed by atoms with Gasteiger partial charge in [0.2, 0.25) is 0 Å². The summed E-state index contributed by atoms with van der Waals surface area (Å²) in [4.78, 5) is 27.3. The monoisotopic (exact) mass is 555 g/mol. The second-order valence-corrected chi connectivity index (χ2v) is 8.91. The molecule has 0 spiro atoms. The van der Waals surface area contributed by atoms with E-state index >= 15 is 0 Å². The molecule has 0 bridgehead atoms. The van der Waals surface area contributed by atoms with Crippen LogP contribution in [0, 0.1) is 6.08 Å². The normalized spacial score (nSPS) is 10.1. The summed E-state index contributed by atoms with van der Waals surface area (Å²) < 4.78 is 10.5. The number of rotatable bonds is 7. The largest absolute Gasteiger partial charge is 0.454 e. The summed E-state index contributed by atoms with van der Waals surface area (Å²) in [5, 5.41) is 0. The van der Waals surface area contributed by atoms with Gasteiger partial charge < -0.3 is 15.5 Å². The molecule has 6 heteroatoms. The van der Waals surface area contributed by atoms with Crippen molar-refractivity contribution in [1.29, 1.82) is 0 Å². The molecule has 4 nitrogen and oxygen atoms in total. The first-order valence-electron chi connectivity index (χ1n) is 10.2. The van der Waals surface area contributed by atoms with Gasteiger partial charge in [0.1, 0.15) is 11.5 Å². The molecule has 0 saturated carbocycles. The molecule has 0 amide bonds. The fourth-order valence-corrected chi connectivity index (χ4v) is 5.22. The molecule has 4 aromatic rings. The number of benzene rings is 4. The molecule has 4 rings (SSSR count). The van der Waals surface area contributed by atoms with E-state index in [-0.39, 0.29) is 30.4 Å². The first kappa shape index (κ1) is 25.2. The second-order valence-electron chi connectivity index (χ2n) is 6.88. The Morgan fingerprint density at radius 1 is 0.618 bits per heavy atom. The summed E-state index contributed by atoms with van der Waals surface area (Å²) in [7, 11) is -0.272. The Morgan fingerprint density at radius 3 is 1.56 bits per heavy atom. The van der Waals surface area contributed by atoms with Gasteiger partial charge in [-0.05, 0) is 72.8 Å². The molecule has 4 aromatic carbocycles. The molecule has 0 heterocycles. The maximum Gasteiger partial charge on any atom is 0.343 e. The molecule has 1 radical (unpaired) electrons. The third-order valence-electron chi connectivity index (χ3n) is 4.67. The van der Waals surface area contributed by atoms with E-state index in [2.05, 4.69) is 36.9 Å². The van der Waals surface area contributed by atoms with E-state index in [0.717, 1.165) is 4.90 Å². The molecule has 0 saturated heterocycles. The number of ether oxygens (including phenoxy) is 2. The van der Waals surface area contributed by atoms with E-state index in [4.69, 9.17) is 9.47 Å². The standard InChI is InChI=1S/C28H20O4S.Rh/c1-2-27(29)31-22-15-13-21(14-16-22)28(30)32-23-17-19-26(20-18-23)33(24-9-5-3-6-10-24)25-11-7-4-8-12-25;/h3-20H,1H2;. The smallest absolute Gasteiger partial charge is 0.343 e. The summed E-state index contributed by atoms with van der Waals surface area (Å²) in [5.41, 5.74) is 0.342. The van der Waals surface area contributed by atoms with E-state index in [9.17, 15) is 9.59 Å². The first-order valence-corrected chi connectivity index (χ1v) is 11.4. The first-order chi connectivity index (χ1) is 16.1. The van der Waals surface area contributed by atoms with Crippen LogP contribution in [-0.4, -0.2) is 11.9 Å². The minimum Gasteiger partial charge on any atom is -0.454 e. The van der Waals surface area contributed by atoms with Crippen molar-refractivity contribution in [3.8, 4) is 11.5 Å². The SMILES string of the molecule is C=[C-]C(=O)Oc1ccc(C(=O)Oc2ccc([S+](c3ccccc3)c3ccccc3)cc2)cc1.[Rh]. The topological polar surface area (TPSA) is 52.6 Å². The van der Waals surface area contributed by atoms with Crippen LogP contribution in [0.25, 0.3) is 0 Å². The fourth-order valence-electron chi connectivity index (χ4n) is 3.13. The minimum atomic E-state index is -0.685. The third kappa shape index (κ3) is 6.31. The van der Waals surface area contributed by atoms with Crippen LogP contribution in [0.5, 0.6) is 11.5 Å². The summed E-state index contributed by atoms with van der Waals surface area (Å²) in [5.74, 6) is -0.437. The fraction of sp³-hybridized carbons (Fsp3) is 0. The Bertz CT molecular complexity index is 1200. The number of hydrogen-bond acceptors (Lipinski definition) is 4. The van der Waals surface area contributed by atoms with E-state index in [0.29, 0.717) is 17.1 Å². The summed E-state index contributed by atoms with van der Waals surface area (Å²) >= 11 is 0. The van der Waals surface area contributed by atoms with Crippen LogP contribution in [0.4, 0.5) is 0 Å². The maximum absolute atomic E-state index is 12.5. The van der Waals surface area contributed by atoms with Gasteiger partial charge in [-0.2, -0.15) is 0 Å². The Balaban J connectivity index is 0.00000324. The van der Waals surface area contributed by atoms with Crippen molar-refractivity contribution in [1.82, 2.24) is 0 Å². The molecule has 0 N–H and O–H groups in total. The van der Waals surface area contributed by atoms with Crippen molar-refractivity contribution in [3.05, 3.63) is 127 Å². The molecular weight excluding hydrogens is 535 g/mol. The van der Waals surface area contributed by atoms with Crippen LogP contribution in [0.1, 0.15) is 10.4 Å². The van der Waals surface area contributed by atoms with Crippen molar-refractivity contribution in [2.24, 2.45) is 0 Å². The Kier molecular flexibility index (Phi) is 8.97. The minimum absolute atomic E-state index is 0. The molecule has 34 heavy (non-hydrogen) atoms. The Morgan fingerprint density at radius 2 is 1.06 bits per heavy atom. The zero-order valence-corrected chi connectivity index (χ0v) is 20.4. The zero-order chi connectivity index (χ0) is 23.0. The van der Waals surface area contributed by atoms with Crippen molar-refractivity contribution < 1.29 is 38.5 Å². The maximum atomic E-state index is 12.5. The number of esters is 2. The predicted octanol–water partition coefficient (Wildman–Crippen LogP) is 5.89. The van der Waals surface area contributed by atoms with Crippen LogP contribution in [-0.2, 0) is 35.2 Å². The molecule has 171 valence electrons. The molecular formula is C28H20O4RhS. The van der Waals surface area contributed by atoms with Crippen LogP contribution in [0.15, 0.2) is 130 Å². The molecule has 0 aliphatic rings. The van der Waals surface area contributed by atoms with E-state index in [1.54, 1.807) is 12.1 Å². The molecule has 0 atom stereocenters. The van der Waals surface area contributed by atoms with Gasteiger partial charge in [0.15, 0.2) is 20.7 Å². The molecule has 0 aliphatic carbocycles. The van der Waals surface area contributed by atoms with Gasteiger partial charge in [-0.25, -0.2) is 4.79 Å². The van der Waals surface area contributed by atoms with Gasteiger partial charge in [-0.1, -0.05) is 36.4 Å². The van der Waals surface area contributed by atoms with Gasteiger partial charge in [-0.15, -0.1) is 0 Å². The quantitative estimate of drug-likeness (QED) is 0.0713. The Labute approximate surface area is 214 Å². The van der Waals surface area contributed by atoms with Crippen molar-refractivity contribution >= 4 is 22.8 Å². The summed E-state index contributed by atoms with van der Waals surface area (Å²) in [6.45, 7) is 3.23. The van der Waals surface area contributed by atoms with Crippen LogP contribution < -0.4 is 9.47 Å². The van der Waals surface area contributed by atoms with Gasteiger partial charge in [-0.3, -0.25) is 11.4 Å². The molecule has 0 unspecified atom stereocenters. The average Bonchev–Trinajstić information content (AvgIpc) is 2.87. The second kappa shape index (κ2) is 12.1. The summed E-state index contributed by atoms with van der Waals surface area (Å²) in [6, 6.07) is 34.3. The average molecular weight is 555 g/mol. The molecule has 0 fully saturated rings. The molecule has 0 aliphatic heterocycles. The van der Waals surface area contributed by atoms with E-state index < -0.39 is 11.9 Å². The number of hydrogen-bond donors (Lipinski definition) is 0. The van der Waals surface area contributed by atoms with E-state index in [1.807, 2.05) is 48.5 Å². The third-order valence-corrected chi connectivity index (χ3v) is 6.90. The molecule has 0 aromatic heterocycles. The predicted molar refractivity (Wildman–Crippen MR) is 127 cm³/mol. The Hall–Kier alpha value is -3.47. The van der Waals surface area contributed by atoms with Crippen molar-refractivity contribution in [3.63, 3.8) is 0 Å². The zero-order valence-electron chi connectivity index (χ0n) is 18.0. The van der Waals surface area contributed by atoms with Crippen LogP contribution in [0.2, 0.25) is 0 Å². The van der Waals surface area contributed by atoms with Crippen LogP contribution >= 0.6 is 0 Å². The summed E-state index contributed by atoms with van der Waals surface area (Å²) in [6.07, 6.45) is 2.11. The van der Waals surface area contributed by atoms with Gasteiger partial charge in [0, 0.05) is 19.5 Å². The number of carbonyl (C=O) groups excluding carboxylic acids is 2. The van der Waals surface area contributed by atoms with Crippen molar-refractivity contribution in [2.45, 2.75) is 14.7 Å². The number of carbonyl (C=O) groups is 2. The van der Waals surface area contributed by atoms with Gasteiger partial charge >= 0.3 is 5.97 Å². The van der Waals surface area contributed by atoms with E-state index in [1.165, 1.54) is 34.1 Å². The van der Waals surface area contributed by atoms with Crippen LogP contribution in [0.3, 0.4) is 0 Å². The van der Waals surface area contributed by atoms with Crippen molar-refractivity contribution in [2.75, 3.05) is 0 Å². The van der Waals surface area contributed by atoms with Gasteiger partial charge in [0.05, 0.1) is 16.5 Å².